The molecule has 31 heavy (non-hydrogen) atoms. The summed E-state index contributed by atoms with van der Waals surface area (Å²) < 4.78 is 5.03. The van der Waals surface area contributed by atoms with Crippen molar-refractivity contribution < 1.29 is 14.0 Å². The highest BCUT2D eigenvalue weighted by molar-refractivity contribution is 6.37. The van der Waals surface area contributed by atoms with Gasteiger partial charge >= 0.3 is 5.97 Å². The molecule has 1 unspecified atom stereocenters. The Hall–Kier alpha value is -2.80. The summed E-state index contributed by atoms with van der Waals surface area (Å²) in [6, 6.07) is 15.6. The third kappa shape index (κ3) is 4.61. The summed E-state index contributed by atoms with van der Waals surface area (Å²) in [6.45, 7) is 1.69. The number of furan rings is 1. The fourth-order valence-electron chi connectivity index (χ4n) is 3.27. The number of hydrogen-bond donors (Lipinski definition) is 0. The first-order valence-corrected chi connectivity index (χ1v) is 10.4. The third-order valence-electron chi connectivity index (χ3n) is 4.73. The second-order valence-electron chi connectivity index (χ2n) is 6.75. The number of nitrogens with zero attached hydrogens (tertiary/aromatic N) is 3. The van der Waals surface area contributed by atoms with Gasteiger partial charge in [-0.3, -0.25) is 0 Å². The molecule has 0 bridgehead atoms. The molecule has 3 aromatic rings. The number of halogens is 3. The van der Waals surface area contributed by atoms with E-state index in [9.17, 15) is 4.79 Å². The van der Waals surface area contributed by atoms with Crippen LogP contribution in [-0.2, 0) is 4.84 Å². The predicted octanol–water partition coefficient (Wildman–Crippen LogP) is 6.58. The fourth-order valence-corrected chi connectivity index (χ4v) is 4.05. The van der Waals surface area contributed by atoms with E-state index in [1.165, 1.54) is 12.3 Å². The second kappa shape index (κ2) is 9.14. The van der Waals surface area contributed by atoms with E-state index in [2.05, 4.69) is 5.16 Å². The summed E-state index contributed by atoms with van der Waals surface area (Å²) in [5.74, 6) is -0.287. The number of rotatable bonds is 4. The minimum absolute atomic E-state index is 0.0535. The Labute approximate surface area is 193 Å². The standard InChI is InChI=1S/C22H16Cl3N3O3/c1-13(27-31-22(29)21-7-4-10-30-21)28-20(16-5-2-3-6-17(16)24)12-19(26-28)15-9-8-14(23)11-18(15)25/h2-11,20H,12H2,1H3/b27-13+. The molecule has 0 fully saturated rings. The van der Waals surface area contributed by atoms with E-state index in [0.717, 1.165) is 16.8 Å². The monoisotopic (exact) mass is 475 g/mol. The van der Waals surface area contributed by atoms with Crippen molar-refractivity contribution >= 4 is 52.3 Å². The van der Waals surface area contributed by atoms with Crippen LogP contribution in [0.25, 0.3) is 0 Å². The smallest absolute Gasteiger partial charge is 0.400 e. The van der Waals surface area contributed by atoms with Crippen LogP contribution in [0.3, 0.4) is 0 Å². The number of oxime groups is 1. The van der Waals surface area contributed by atoms with Crippen molar-refractivity contribution in [1.29, 1.82) is 0 Å². The Morgan fingerprint density at radius 1 is 1.13 bits per heavy atom. The van der Waals surface area contributed by atoms with E-state index < -0.39 is 5.97 Å². The first kappa shape index (κ1) is 21.4. The highest BCUT2D eigenvalue weighted by atomic mass is 35.5. The molecular formula is C22H16Cl3N3O3. The van der Waals surface area contributed by atoms with Gasteiger partial charge in [0.15, 0.2) is 5.84 Å². The normalized spacial score (nSPS) is 16.4. The summed E-state index contributed by atoms with van der Waals surface area (Å²) in [6.07, 6.45) is 1.90. The number of amidine groups is 1. The first-order valence-electron chi connectivity index (χ1n) is 9.30. The van der Waals surface area contributed by atoms with E-state index in [0.29, 0.717) is 27.3 Å². The molecule has 0 N–H and O–H groups in total. The maximum Gasteiger partial charge on any atom is 0.400 e. The average molecular weight is 477 g/mol. The summed E-state index contributed by atoms with van der Waals surface area (Å²) in [4.78, 5) is 17.1. The van der Waals surface area contributed by atoms with E-state index in [4.69, 9.17) is 49.2 Å². The Balaban J connectivity index is 1.67. The lowest BCUT2D eigenvalue weighted by Gasteiger charge is -2.23. The zero-order chi connectivity index (χ0) is 22.0. The van der Waals surface area contributed by atoms with Crippen molar-refractivity contribution in [2.24, 2.45) is 10.3 Å². The van der Waals surface area contributed by atoms with Crippen molar-refractivity contribution in [3.8, 4) is 0 Å². The molecule has 4 rings (SSSR count). The predicted molar refractivity (Wildman–Crippen MR) is 121 cm³/mol. The molecule has 0 spiro atoms. The maximum atomic E-state index is 12.1. The number of benzene rings is 2. The van der Waals surface area contributed by atoms with Gasteiger partial charge in [0, 0.05) is 22.0 Å². The number of carbonyl (C=O) groups excluding carboxylic acids is 1. The van der Waals surface area contributed by atoms with Gasteiger partial charge in [0.05, 0.1) is 23.0 Å². The molecule has 1 aromatic heterocycles. The van der Waals surface area contributed by atoms with E-state index in [1.807, 2.05) is 30.3 Å². The highest BCUT2D eigenvalue weighted by Gasteiger charge is 2.33. The average Bonchev–Trinajstić information content (AvgIpc) is 3.42. The van der Waals surface area contributed by atoms with Gasteiger partial charge in [0.25, 0.3) is 0 Å². The molecule has 6 nitrogen and oxygen atoms in total. The van der Waals surface area contributed by atoms with Crippen LogP contribution in [0.1, 0.15) is 41.1 Å². The van der Waals surface area contributed by atoms with Crippen molar-refractivity contribution in [3.05, 3.63) is 92.8 Å². The van der Waals surface area contributed by atoms with Crippen molar-refractivity contribution in [3.63, 3.8) is 0 Å². The molecule has 1 atom stereocenters. The number of hydrazone groups is 1. The van der Waals surface area contributed by atoms with Crippen molar-refractivity contribution in [2.75, 3.05) is 0 Å². The summed E-state index contributed by atoms with van der Waals surface area (Å²) >= 11 is 18.9. The minimum atomic E-state index is -0.706. The van der Waals surface area contributed by atoms with Crippen LogP contribution in [0.2, 0.25) is 15.1 Å². The zero-order valence-corrected chi connectivity index (χ0v) is 18.5. The largest absolute Gasteiger partial charge is 0.457 e. The molecule has 9 heteroatoms. The van der Waals surface area contributed by atoms with Crippen LogP contribution in [-0.4, -0.2) is 22.5 Å². The van der Waals surface area contributed by atoms with Crippen LogP contribution in [0.4, 0.5) is 0 Å². The molecule has 158 valence electrons. The van der Waals surface area contributed by atoms with Gasteiger partial charge < -0.3 is 9.25 Å². The van der Waals surface area contributed by atoms with Crippen molar-refractivity contribution in [2.45, 2.75) is 19.4 Å². The molecule has 0 aliphatic carbocycles. The van der Waals surface area contributed by atoms with Gasteiger partial charge in [0.1, 0.15) is 0 Å². The summed E-state index contributed by atoms with van der Waals surface area (Å²) in [5.41, 5.74) is 2.35. The van der Waals surface area contributed by atoms with E-state index >= 15 is 0 Å². The number of carbonyl (C=O) groups is 1. The molecule has 2 heterocycles. The quantitative estimate of drug-likeness (QED) is 0.185. The van der Waals surface area contributed by atoms with Crippen LogP contribution in [0.15, 0.2) is 75.5 Å². The molecule has 1 aliphatic rings. The van der Waals surface area contributed by atoms with Gasteiger partial charge in [-0.1, -0.05) is 64.2 Å². The lowest BCUT2D eigenvalue weighted by Crippen LogP contribution is -2.25. The van der Waals surface area contributed by atoms with Crippen molar-refractivity contribution in [1.82, 2.24) is 5.01 Å². The van der Waals surface area contributed by atoms with Crippen LogP contribution >= 0.6 is 34.8 Å². The SMILES string of the molecule is C/C(=N\OC(=O)c1ccco1)N1N=C(c2ccc(Cl)cc2Cl)CC1c1ccccc1Cl. The van der Waals surface area contributed by atoms with Gasteiger partial charge in [-0.15, -0.1) is 0 Å². The van der Waals surface area contributed by atoms with E-state index in [1.54, 1.807) is 30.1 Å². The highest BCUT2D eigenvalue weighted by Crippen LogP contribution is 2.38. The van der Waals surface area contributed by atoms with Crippen LogP contribution in [0.5, 0.6) is 0 Å². The molecule has 2 aromatic carbocycles. The fraction of sp³-hybridized carbons (Fsp3) is 0.136. The van der Waals surface area contributed by atoms with E-state index in [-0.39, 0.29) is 11.8 Å². The lowest BCUT2D eigenvalue weighted by atomic mass is 9.98. The molecular weight excluding hydrogens is 461 g/mol. The van der Waals surface area contributed by atoms with Gasteiger partial charge in [-0.05, 0) is 42.8 Å². The molecule has 0 saturated heterocycles. The molecule has 1 aliphatic heterocycles. The summed E-state index contributed by atoms with van der Waals surface area (Å²) in [7, 11) is 0. The van der Waals surface area contributed by atoms with Gasteiger partial charge in [-0.2, -0.15) is 5.10 Å². The molecule has 0 radical (unpaired) electrons. The van der Waals surface area contributed by atoms with Gasteiger partial charge in [-0.25, -0.2) is 9.80 Å². The Bertz CT molecular complexity index is 1180. The first-order chi connectivity index (χ1) is 14.9. The minimum Gasteiger partial charge on any atom is -0.457 e. The topological polar surface area (TPSA) is 67.4 Å². The third-order valence-corrected chi connectivity index (χ3v) is 5.62. The Kier molecular flexibility index (Phi) is 6.32. The molecule has 0 amide bonds. The van der Waals surface area contributed by atoms with Crippen LogP contribution in [0, 0.1) is 0 Å². The Morgan fingerprint density at radius 3 is 2.65 bits per heavy atom. The molecule has 0 saturated carbocycles. The number of hydrogen-bond acceptors (Lipinski definition) is 5. The maximum absolute atomic E-state index is 12.1. The summed E-state index contributed by atoms with van der Waals surface area (Å²) in [5, 5.41) is 12.0. The lowest BCUT2D eigenvalue weighted by molar-refractivity contribution is 0.0471. The second-order valence-corrected chi connectivity index (χ2v) is 8.00. The van der Waals surface area contributed by atoms with Crippen LogP contribution < -0.4 is 0 Å². The zero-order valence-electron chi connectivity index (χ0n) is 16.3. The van der Waals surface area contributed by atoms with Gasteiger partial charge in [0.2, 0.25) is 5.76 Å². The Morgan fingerprint density at radius 2 is 1.94 bits per heavy atom.